The van der Waals surface area contributed by atoms with Crippen LogP contribution in [0, 0.1) is 5.82 Å². The van der Waals surface area contributed by atoms with Crippen molar-refractivity contribution in [2.24, 2.45) is 0 Å². The van der Waals surface area contributed by atoms with E-state index in [4.69, 9.17) is 34.0 Å². The second kappa shape index (κ2) is 7.10. The van der Waals surface area contributed by atoms with Crippen molar-refractivity contribution < 1.29 is 27.8 Å². The largest absolute Gasteiger partial charge is 0.483 e. The Labute approximate surface area is 143 Å². The Hall–Kier alpha value is -2.26. The summed E-state index contributed by atoms with van der Waals surface area (Å²) in [5, 5.41) is 8.36. The Kier molecular flexibility index (Phi) is 5.35. The highest BCUT2D eigenvalue weighted by atomic mass is 35.5. The topological polar surface area (TPSA) is 98.3 Å². The van der Waals surface area contributed by atoms with Gasteiger partial charge in [-0.05, 0) is 12.1 Å². The number of halogens is 5. The van der Waals surface area contributed by atoms with Crippen molar-refractivity contribution in [3.05, 3.63) is 33.7 Å². The number of anilines is 1. The Morgan fingerprint density at radius 3 is 2.58 bits per heavy atom. The first-order valence-electron chi connectivity index (χ1n) is 6.18. The number of alkyl halides is 2. The number of nitrogen functional groups attached to an aromatic ring is 1. The molecule has 0 amide bonds. The van der Waals surface area contributed by atoms with Gasteiger partial charge >= 0.3 is 5.97 Å². The molecule has 1 heterocycles. The second-order valence-corrected chi connectivity index (χ2v) is 5.13. The number of nitrogens with zero attached hydrogens (tertiary/aromatic N) is 2. The van der Waals surface area contributed by atoms with Gasteiger partial charge in [-0.1, -0.05) is 23.2 Å². The number of hydrogen-bond acceptors (Lipinski definition) is 5. The average Bonchev–Trinajstić information content (AvgIpc) is 2.49. The van der Waals surface area contributed by atoms with E-state index in [1.54, 1.807) is 0 Å². The lowest BCUT2D eigenvalue weighted by Crippen LogP contribution is -2.10. The number of rotatable bonds is 5. The van der Waals surface area contributed by atoms with Crippen LogP contribution in [0.15, 0.2) is 12.1 Å². The van der Waals surface area contributed by atoms with Crippen molar-refractivity contribution in [2.75, 3.05) is 12.3 Å². The summed E-state index contributed by atoms with van der Waals surface area (Å²) in [6.07, 6.45) is -2.84. The van der Waals surface area contributed by atoms with Gasteiger partial charge in [0.2, 0.25) is 0 Å². The lowest BCUT2D eigenvalue weighted by Gasteiger charge is -2.12. The van der Waals surface area contributed by atoms with E-state index in [9.17, 15) is 18.0 Å². The molecule has 0 saturated carbocycles. The Morgan fingerprint density at radius 1 is 1.33 bits per heavy atom. The third-order valence-electron chi connectivity index (χ3n) is 2.72. The van der Waals surface area contributed by atoms with Crippen LogP contribution in [0.2, 0.25) is 10.0 Å². The highest BCUT2D eigenvalue weighted by Gasteiger charge is 2.22. The first-order valence-corrected chi connectivity index (χ1v) is 6.93. The Morgan fingerprint density at radius 2 is 2.00 bits per heavy atom. The summed E-state index contributed by atoms with van der Waals surface area (Å²) < 4.78 is 43.6. The van der Waals surface area contributed by atoms with Crippen LogP contribution in [0.1, 0.15) is 10.5 Å². The molecule has 3 N–H and O–H groups in total. The molecular weight excluding hydrogens is 374 g/mol. The molecule has 128 valence electrons. The quantitative estimate of drug-likeness (QED) is 0.821. The van der Waals surface area contributed by atoms with Gasteiger partial charge in [0.1, 0.15) is 17.4 Å². The van der Waals surface area contributed by atoms with Crippen molar-refractivity contribution in [3.8, 4) is 17.1 Å². The van der Waals surface area contributed by atoms with Gasteiger partial charge in [0.25, 0.3) is 6.43 Å². The monoisotopic (exact) mass is 381 g/mol. The normalized spacial score (nSPS) is 10.9. The van der Waals surface area contributed by atoms with Gasteiger partial charge in [-0.25, -0.2) is 27.9 Å². The molecule has 1 aromatic heterocycles. The minimum atomic E-state index is -2.84. The molecule has 0 aliphatic heterocycles. The summed E-state index contributed by atoms with van der Waals surface area (Å²) in [6.45, 7) is -1.08. The number of nitrogens with two attached hydrogens (primary N) is 1. The summed E-state index contributed by atoms with van der Waals surface area (Å²) in [6, 6.07) is 2.29. The molecule has 0 aliphatic carbocycles. The van der Waals surface area contributed by atoms with E-state index in [2.05, 4.69) is 14.7 Å². The molecule has 6 nitrogen and oxygen atoms in total. The molecule has 0 spiro atoms. The molecule has 11 heteroatoms. The van der Waals surface area contributed by atoms with Crippen LogP contribution < -0.4 is 10.5 Å². The molecule has 0 aliphatic rings. The van der Waals surface area contributed by atoms with Gasteiger partial charge in [-0.2, -0.15) is 0 Å². The number of aromatic carboxylic acids is 1. The number of carbonyl (C=O) groups is 1. The van der Waals surface area contributed by atoms with Gasteiger partial charge in [-0.15, -0.1) is 0 Å². The smallest absolute Gasteiger partial charge is 0.356 e. The van der Waals surface area contributed by atoms with Gasteiger partial charge in [0.15, 0.2) is 23.1 Å². The van der Waals surface area contributed by atoms with E-state index in [1.807, 2.05) is 0 Å². The molecule has 0 saturated heterocycles. The molecule has 0 atom stereocenters. The molecule has 0 radical (unpaired) electrons. The predicted octanol–water partition coefficient (Wildman–Crippen LogP) is 3.51. The number of carboxylic acids is 1. The lowest BCUT2D eigenvalue weighted by atomic mass is 10.1. The fourth-order valence-electron chi connectivity index (χ4n) is 1.71. The summed E-state index contributed by atoms with van der Waals surface area (Å²) in [5.74, 6) is -4.07. The van der Waals surface area contributed by atoms with Crippen LogP contribution in [0.25, 0.3) is 11.4 Å². The van der Waals surface area contributed by atoms with Crippen molar-refractivity contribution in [3.63, 3.8) is 0 Å². The summed E-state index contributed by atoms with van der Waals surface area (Å²) in [5.41, 5.74) is 4.51. The predicted molar refractivity (Wildman–Crippen MR) is 80.3 cm³/mol. The van der Waals surface area contributed by atoms with Crippen molar-refractivity contribution in [2.45, 2.75) is 6.43 Å². The van der Waals surface area contributed by atoms with E-state index < -0.39 is 47.1 Å². The first kappa shape index (κ1) is 18.1. The summed E-state index contributed by atoms with van der Waals surface area (Å²) in [4.78, 5) is 18.4. The zero-order valence-electron chi connectivity index (χ0n) is 11.6. The van der Waals surface area contributed by atoms with E-state index in [0.29, 0.717) is 0 Å². The maximum atomic E-state index is 14.5. The second-order valence-electron chi connectivity index (χ2n) is 4.34. The van der Waals surface area contributed by atoms with E-state index >= 15 is 0 Å². The fourth-order valence-corrected chi connectivity index (χ4v) is 2.08. The molecule has 1 aromatic carbocycles. The van der Waals surface area contributed by atoms with Crippen LogP contribution >= 0.6 is 23.2 Å². The molecule has 24 heavy (non-hydrogen) atoms. The standard InChI is InChI=1S/C13H8Cl2F3N3O3/c14-5-2-1-4(8(18)10(5)24-3-6(16)17)12-20-9(13(22)23)7(15)11(19)21-12/h1-2,6H,3H2,(H,22,23)(H2,19,20,21). The maximum absolute atomic E-state index is 14.5. The lowest BCUT2D eigenvalue weighted by molar-refractivity contribution is 0.0690. The minimum absolute atomic E-state index is 0.253. The van der Waals surface area contributed by atoms with E-state index in [-0.39, 0.29) is 16.4 Å². The van der Waals surface area contributed by atoms with Crippen LogP contribution in [0.5, 0.6) is 5.75 Å². The van der Waals surface area contributed by atoms with Gasteiger partial charge in [-0.3, -0.25) is 0 Å². The number of carboxylic acid groups (broad SMARTS) is 1. The summed E-state index contributed by atoms with van der Waals surface area (Å²) >= 11 is 11.4. The van der Waals surface area contributed by atoms with Crippen LogP contribution in [-0.2, 0) is 0 Å². The van der Waals surface area contributed by atoms with E-state index in [0.717, 1.165) is 12.1 Å². The zero-order valence-corrected chi connectivity index (χ0v) is 13.1. The highest BCUT2D eigenvalue weighted by Crippen LogP contribution is 2.35. The maximum Gasteiger partial charge on any atom is 0.356 e. The van der Waals surface area contributed by atoms with Crippen molar-refractivity contribution in [1.82, 2.24) is 9.97 Å². The van der Waals surface area contributed by atoms with Crippen LogP contribution in [-0.4, -0.2) is 34.1 Å². The highest BCUT2D eigenvalue weighted by molar-refractivity contribution is 6.35. The molecule has 0 unspecified atom stereocenters. The van der Waals surface area contributed by atoms with E-state index in [1.165, 1.54) is 0 Å². The summed E-state index contributed by atoms with van der Waals surface area (Å²) in [7, 11) is 0. The van der Waals surface area contributed by atoms with Crippen LogP contribution in [0.4, 0.5) is 19.0 Å². The van der Waals surface area contributed by atoms with Crippen molar-refractivity contribution in [1.29, 1.82) is 0 Å². The molecular formula is C13H8Cl2F3N3O3. The number of benzene rings is 1. The fraction of sp³-hybridized carbons (Fsp3) is 0.154. The van der Waals surface area contributed by atoms with Gasteiger partial charge < -0.3 is 15.6 Å². The third-order valence-corrected chi connectivity index (χ3v) is 3.39. The molecule has 2 aromatic rings. The first-order chi connectivity index (χ1) is 11.2. The van der Waals surface area contributed by atoms with Crippen molar-refractivity contribution >= 4 is 35.0 Å². The number of aromatic nitrogens is 2. The number of hydrogen-bond donors (Lipinski definition) is 2. The molecule has 0 fully saturated rings. The Balaban J connectivity index is 2.57. The zero-order chi connectivity index (χ0) is 18.0. The number of ether oxygens (including phenoxy) is 1. The third kappa shape index (κ3) is 3.62. The minimum Gasteiger partial charge on any atom is -0.483 e. The Bertz CT molecular complexity index is 806. The molecule has 2 rings (SSSR count). The van der Waals surface area contributed by atoms with Gasteiger partial charge in [0.05, 0.1) is 10.6 Å². The van der Waals surface area contributed by atoms with Crippen LogP contribution in [0.3, 0.4) is 0 Å². The van der Waals surface area contributed by atoms with Gasteiger partial charge in [0, 0.05) is 0 Å². The SMILES string of the molecule is Nc1nc(-c2ccc(Cl)c(OCC(F)F)c2F)nc(C(=O)O)c1Cl. The average molecular weight is 382 g/mol. The molecule has 0 bridgehead atoms.